The van der Waals surface area contributed by atoms with Crippen molar-refractivity contribution in [2.75, 3.05) is 32.0 Å². The van der Waals surface area contributed by atoms with Gasteiger partial charge in [0.25, 0.3) is 5.91 Å². The van der Waals surface area contributed by atoms with Gasteiger partial charge in [-0.05, 0) is 12.1 Å². The molecule has 1 aliphatic heterocycles. The standard InChI is InChI=1S/C11H13ClN4O2/c1-13-9-5-7(4-8(12)15-9)11(18)16-3-2-14-10(17)6-16/h4-5H,2-3,6H2,1H3,(H,13,15)(H,14,17). The number of hydrogen-bond donors (Lipinski definition) is 2. The normalized spacial score (nSPS) is 15.2. The van der Waals surface area contributed by atoms with Crippen LogP contribution >= 0.6 is 11.6 Å². The molecule has 7 heteroatoms. The fraction of sp³-hybridized carbons (Fsp3) is 0.364. The topological polar surface area (TPSA) is 74.3 Å². The molecule has 0 unspecified atom stereocenters. The Bertz CT molecular complexity index is 492. The molecule has 1 saturated heterocycles. The summed E-state index contributed by atoms with van der Waals surface area (Å²) in [6.45, 7) is 1.05. The van der Waals surface area contributed by atoms with Crippen molar-refractivity contribution in [3.63, 3.8) is 0 Å². The zero-order valence-corrected chi connectivity index (χ0v) is 10.6. The third-order valence-electron chi connectivity index (χ3n) is 2.62. The Hall–Kier alpha value is -1.82. The van der Waals surface area contributed by atoms with Crippen molar-refractivity contribution in [2.24, 2.45) is 0 Å². The van der Waals surface area contributed by atoms with Crippen molar-refractivity contribution < 1.29 is 9.59 Å². The van der Waals surface area contributed by atoms with Crippen molar-refractivity contribution in [2.45, 2.75) is 0 Å². The lowest BCUT2D eigenvalue weighted by Crippen LogP contribution is -2.49. The van der Waals surface area contributed by atoms with Gasteiger partial charge < -0.3 is 15.5 Å². The van der Waals surface area contributed by atoms with E-state index in [0.29, 0.717) is 24.5 Å². The molecular formula is C11H13ClN4O2. The molecule has 1 aromatic heterocycles. The molecule has 0 aliphatic carbocycles. The van der Waals surface area contributed by atoms with Crippen LogP contribution < -0.4 is 10.6 Å². The van der Waals surface area contributed by atoms with Gasteiger partial charge in [0.15, 0.2) is 0 Å². The van der Waals surface area contributed by atoms with Gasteiger partial charge in [-0.15, -0.1) is 0 Å². The highest BCUT2D eigenvalue weighted by Crippen LogP contribution is 2.16. The number of nitrogens with zero attached hydrogens (tertiary/aromatic N) is 2. The molecule has 2 heterocycles. The number of carbonyl (C=O) groups is 2. The van der Waals surface area contributed by atoms with Crippen molar-refractivity contribution in [1.82, 2.24) is 15.2 Å². The molecule has 2 amide bonds. The average molecular weight is 269 g/mol. The smallest absolute Gasteiger partial charge is 0.254 e. The van der Waals surface area contributed by atoms with E-state index in [1.807, 2.05) is 0 Å². The van der Waals surface area contributed by atoms with Crippen LogP contribution in [0.2, 0.25) is 5.15 Å². The molecule has 0 saturated carbocycles. The van der Waals surface area contributed by atoms with Crippen LogP contribution in [-0.2, 0) is 4.79 Å². The van der Waals surface area contributed by atoms with Crippen molar-refractivity contribution >= 4 is 29.2 Å². The number of pyridine rings is 1. The maximum Gasteiger partial charge on any atom is 0.254 e. The summed E-state index contributed by atoms with van der Waals surface area (Å²) >= 11 is 5.84. The molecule has 6 nitrogen and oxygen atoms in total. The average Bonchev–Trinajstić information content (AvgIpc) is 2.37. The highest BCUT2D eigenvalue weighted by molar-refractivity contribution is 6.29. The quantitative estimate of drug-likeness (QED) is 0.759. The molecule has 96 valence electrons. The molecule has 0 radical (unpaired) electrons. The van der Waals surface area contributed by atoms with Crippen molar-refractivity contribution in [3.05, 3.63) is 22.8 Å². The number of halogens is 1. The maximum absolute atomic E-state index is 12.2. The number of hydrogen-bond acceptors (Lipinski definition) is 4. The van der Waals surface area contributed by atoms with Crippen LogP contribution in [0.15, 0.2) is 12.1 Å². The Labute approximate surface area is 109 Å². The predicted molar refractivity (Wildman–Crippen MR) is 67.7 cm³/mol. The Balaban J connectivity index is 2.22. The summed E-state index contributed by atoms with van der Waals surface area (Å²) in [7, 11) is 1.70. The van der Waals surface area contributed by atoms with Gasteiger partial charge >= 0.3 is 0 Å². The van der Waals surface area contributed by atoms with Gasteiger partial charge in [-0.3, -0.25) is 9.59 Å². The minimum absolute atomic E-state index is 0.0770. The lowest BCUT2D eigenvalue weighted by atomic mass is 10.2. The van der Waals surface area contributed by atoms with Gasteiger partial charge in [-0.25, -0.2) is 4.98 Å². The third-order valence-corrected chi connectivity index (χ3v) is 2.82. The van der Waals surface area contributed by atoms with Gasteiger partial charge in [-0.2, -0.15) is 0 Å². The molecule has 0 bridgehead atoms. The van der Waals surface area contributed by atoms with Crippen molar-refractivity contribution in [1.29, 1.82) is 0 Å². The SMILES string of the molecule is CNc1cc(C(=O)N2CCNC(=O)C2)cc(Cl)n1. The summed E-state index contributed by atoms with van der Waals surface area (Å²) < 4.78 is 0. The number of carbonyl (C=O) groups excluding carboxylic acids is 2. The first kappa shape index (κ1) is 12.6. The van der Waals surface area contributed by atoms with Crippen LogP contribution in [0.4, 0.5) is 5.82 Å². The highest BCUT2D eigenvalue weighted by atomic mass is 35.5. The van der Waals surface area contributed by atoms with E-state index < -0.39 is 0 Å². The summed E-state index contributed by atoms with van der Waals surface area (Å²) in [6.07, 6.45) is 0. The van der Waals surface area contributed by atoms with Crippen LogP contribution in [0, 0.1) is 0 Å². The summed E-state index contributed by atoms with van der Waals surface area (Å²) in [4.78, 5) is 28.9. The zero-order chi connectivity index (χ0) is 13.1. The Morgan fingerprint density at radius 3 is 3.00 bits per heavy atom. The molecule has 18 heavy (non-hydrogen) atoms. The molecule has 2 N–H and O–H groups in total. The summed E-state index contributed by atoms with van der Waals surface area (Å²) in [5.74, 6) is 0.154. The van der Waals surface area contributed by atoms with Gasteiger partial charge in [0.05, 0.1) is 6.54 Å². The van der Waals surface area contributed by atoms with E-state index in [4.69, 9.17) is 11.6 Å². The van der Waals surface area contributed by atoms with E-state index in [0.717, 1.165) is 0 Å². The molecule has 1 aromatic rings. The number of aromatic nitrogens is 1. The lowest BCUT2D eigenvalue weighted by Gasteiger charge is -2.26. The Morgan fingerprint density at radius 2 is 2.33 bits per heavy atom. The minimum atomic E-state index is -0.217. The molecule has 1 aliphatic rings. The number of anilines is 1. The Morgan fingerprint density at radius 1 is 1.56 bits per heavy atom. The third kappa shape index (κ3) is 2.70. The van der Waals surface area contributed by atoms with E-state index in [1.54, 1.807) is 13.1 Å². The number of rotatable bonds is 2. The van der Waals surface area contributed by atoms with Gasteiger partial charge in [0.1, 0.15) is 11.0 Å². The van der Waals surface area contributed by atoms with Gasteiger partial charge in [0, 0.05) is 25.7 Å². The second-order valence-corrected chi connectivity index (χ2v) is 4.28. The molecule has 1 fully saturated rings. The predicted octanol–water partition coefficient (Wildman–Crippen LogP) is 0.349. The van der Waals surface area contributed by atoms with E-state index in [1.165, 1.54) is 11.0 Å². The van der Waals surface area contributed by atoms with Crippen LogP contribution in [0.5, 0.6) is 0 Å². The molecule has 0 atom stereocenters. The largest absolute Gasteiger partial charge is 0.373 e. The van der Waals surface area contributed by atoms with Crippen molar-refractivity contribution in [3.8, 4) is 0 Å². The van der Waals surface area contributed by atoms with Crippen LogP contribution in [0.1, 0.15) is 10.4 Å². The number of piperazine rings is 1. The van der Waals surface area contributed by atoms with Crippen LogP contribution in [0.3, 0.4) is 0 Å². The Kier molecular flexibility index (Phi) is 3.66. The van der Waals surface area contributed by atoms with Crippen LogP contribution in [-0.4, -0.2) is 48.4 Å². The second kappa shape index (κ2) is 5.22. The number of nitrogens with one attached hydrogen (secondary N) is 2. The number of amides is 2. The monoisotopic (exact) mass is 268 g/mol. The van der Waals surface area contributed by atoms with E-state index in [-0.39, 0.29) is 23.5 Å². The maximum atomic E-state index is 12.2. The van der Waals surface area contributed by atoms with Gasteiger partial charge in [0.2, 0.25) is 5.91 Å². The second-order valence-electron chi connectivity index (χ2n) is 3.89. The first-order chi connectivity index (χ1) is 8.60. The molecule has 0 spiro atoms. The van der Waals surface area contributed by atoms with E-state index >= 15 is 0 Å². The summed E-state index contributed by atoms with van der Waals surface area (Å²) in [5, 5.41) is 5.74. The van der Waals surface area contributed by atoms with E-state index in [2.05, 4.69) is 15.6 Å². The first-order valence-corrected chi connectivity index (χ1v) is 5.89. The zero-order valence-electron chi connectivity index (χ0n) is 9.86. The first-order valence-electron chi connectivity index (χ1n) is 5.51. The summed E-state index contributed by atoms with van der Waals surface area (Å²) in [5.41, 5.74) is 0.425. The van der Waals surface area contributed by atoms with Gasteiger partial charge in [-0.1, -0.05) is 11.6 Å². The lowest BCUT2D eigenvalue weighted by molar-refractivity contribution is -0.123. The molecular weight excluding hydrogens is 256 g/mol. The van der Waals surface area contributed by atoms with E-state index in [9.17, 15) is 9.59 Å². The summed E-state index contributed by atoms with van der Waals surface area (Å²) in [6, 6.07) is 3.11. The fourth-order valence-corrected chi connectivity index (χ4v) is 1.95. The highest BCUT2D eigenvalue weighted by Gasteiger charge is 2.22. The van der Waals surface area contributed by atoms with Crippen LogP contribution in [0.25, 0.3) is 0 Å². The minimum Gasteiger partial charge on any atom is -0.373 e. The molecule has 0 aromatic carbocycles. The fourth-order valence-electron chi connectivity index (χ4n) is 1.74. The molecule has 2 rings (SSSR count).